The maximum Gasteiger partial charge on any atom is 0.242 e. The quantitative estimate of drug-likeness (QED) is 0.132. The third-order valence-electron chi connectivity index (χ3n) is 5.38. The Labute approximate surface area is 204 Å². The third-order valence-corrected chi connectivity index (χ3v) is 6.68. The van der Waals surface area contributed by atoms with E-state index in [9.17, 15) is 24.0 Å². The Balaban J connectivity index is 1.67. The van der Waals surface area contributed by atoms with E-state index in [0.29, 0.717) is 25.1 Å². The predicted molar refractivity (Wildman–Crippen MR) is 133 cm³/mol. The first-order valence-corrected chi connectivity index (χ1v) is 12.6. The molecule has 8 nitrogen and oxygen atoms in total. The highest BCUT2D eigenvalue weighted by Gasteiger charge is 2.38. The molecular weight excluding hydrogens is 454 g/mol. The highest BCUT2D eigenvalue weighted by atomic mass is 32.2. The summed E-state index contributed by atoms with van der Waals surface area (Å²) >= 11 is 1.48. The number of hydrogen-bond donors (Lipinski definition) is 1. The smallest absolute Gasteiger partial charge is 0.242 e. The summed E-state index contributed by atoms with van der Waals surface area (Å²) in [6, 6.07) is 7.52. The average molecular weight is 488 g/mol. The van der Waals surface area contributed by atoms with Gasteiger partial charge in [-0.15, -0.1) is 11.8 Å². The molecule has 1 unspecified atom stereocenters. The van der Waals surface area contributed by atoms with Gasteiger partial charge in [0.1, 0.15) is 17.3 Å². The van der Waals surface area contributed by atoms with E-state index >= 15 is 0 Å². The number of carbonyl (C=O) groups excluding carboxylic acids is 5. The zero-order valence-corrected chi connectivity index (χ0v) is 20.7. The third kappa shape index (κ3) is 9.59. The number of unbranched alkanes of at least 4 members (excludes halogenated alkanes) is 1. The number of nitrogens with two attached hydrogens (primary N) is 1. The number of hydrogen-bond acceptors (Lipinski definition) is 7. The molecule has 1 saturated heterocycles. The van der Waals surface area contributed by atoms with Crippen LogP contribution in [0, 0.1) is 0 Å². The van der Waals surface area contributed by atoms with Crippen LogP contribution in [0.3, 0.4) is 0 Å². The summed E-state index contributed by atoms with van der Waals surface area (Å²) in [5, 5.41) is -0.359. The molecule has 0 spiro atoms. The van der Waals surface area contributed by atoms with Crippen LogP contribution in [0.1, 0.15) is 64.4 Å². The number of ketones is 3. The van der Waals surface area contributed by atoms with E-state index in [0.717, 1.165) is 29.8 Å². The lowest BCUT2D eigenvalue weighted by Gasteiger charge is -2.13. The van der Waals surface area contributed by atoms with Crippen molar-refractivity contribution in [3.8, 4) is 0 Å². The van der Waals surface area contributed by atoms with Crippen LogP contribution < -0.4 is 5.73 Å². The molecule has 0 saturated carbocycles. The zero-order chi connectivity index (χ0) is 25.1. The maximum absolute atomic E-state index is 12.3. The molecule has 0 bridgehead atoms. The summed E-state index contributed by atoms with van der Waals surface area (Å²) in [6.07, 6.45) is 3.63. The van der Waals surface area contributed by atoms with Crippen molar-refractivity contribution < 1.29 is 24.0 Å². The lowest BCUT2D eigenvalue weighted by molar-refractivity contribution is -0.138. The van der Waals surface area contributed by atoms with Crippen molar-refractivity contribution in [2.45, 2.75) is 70.5 Å². The van der Waals surface area contributed by atoms with Gasteiger partial charge in [-0.05, 0) is 56.6 Å². The molecule has 34 heavy (non-hydrogen) atoms. The predicted octanol–water partition coefficient (Wildman–Crippen LogP) is 3.17. The van der Waals surface area contributed by atoms with Crippen LogP contribution in [0.2, 0.25) is 0 Å². The number of nitrogens with zero attached hydrogens (tertiary/aromatic N) is 2. The van der Waals surface area contributed by atoms with Gasteiger partial charge in [-0.1, -0.05) is 12.1 Å². The summed E-state index contributed by atoms with van der Waals surface area (Å²) in [5.41, 5.74) is 7.79. The first kappa shape index (κ1) is 27.4. The van der Waals surface area contributed by atoms with Crippen molar-refractivity contribution in [3.63, 3.8) is 0 Å². The van der Waals surface area contributed by atoms with Crippen LogP contribution in [0.15, 0.2) is 29.3 Å². The van der Waals surface area contributed by atoms with Gasteiger partial charge in [0.2, 0.25) is 11.8 Å². The van der Waals surface area contributed by atoms with Gasteiger partial charge in [-0.3, -0.25) is 28.9 Å². The molecular formula is C25H33N3O5S. The molecule has 0 aromatic heterocycles. The number of imide groups is 1. The Morgan fingerprint density at radius 3 is 2.38 bits per heavy atom. The molecule has 1 fully saturated rings. The largest absolute Gasteiger partial charge is 0.387 e. The molecule has 1 aromatic rings. The van der Waals surface area contributed by atoms with Crippen LogP contribution in [0.4, 0.5) is 5.69 Å². The molecule has 9 heteroatoms. The number of amidine groups is 1. The number of aliphatic imine (C=N–C) groups is 1. The monoisotopic (exact) mass is 487 g/mol. The van der Waals surface area contributed by atoms with E-state index in [4.69, 9.17) is 5.73 Å². The average Bonchev–Trinajstić information content (AvgIpc) is 3.03. The number of benzene rings is 1. The molecule has 1 aromatic carbocycles. The molecule has 2 N–H and O–H groups in total. The molecule has 1 heterocycles. The summed E-state index contributed by atoms with van der Waals surface area (Å²) < 4.78 is 0. The SMILES string of the molecule is CC(=O)CCN1C(=O)CC(SCCCCC(N)=Nc2ccc(CCC(=O)CC(C)=O)cc2)C1=O. The standard InChI is InChI=1S/C25H33N3O5S/c1-17(29)12-13-28-24(32)16-22(25(28)33)34-14-4-3-5-23(26)27-20-9-6-19(7-10-20)8-11-21(31)15-18(2)30/h6-7,9-10,22H,3-5,8,11-16H2,1-2H3,(H2,26,27). The van der Waals surface area contributed by atoms with Gasteiger partial charge in [0.25, 0.3) is 0 Å². The normalized spacial score (nSPS) is 16.2. The highest BCUT2D eigenvalue weighted by Crippen LogP contribution is 2.26. The van der Waals surface area contributed by atoms with Gasteiger partial charge in [-0.2, -0.15) is 0 Å². The lowest BCUT2D eigenvalue weighted by atomic mass is 10.0. The van der Waals surface area contributed by atoms with Crippen molar-refractivity contribution in [1.82, 2.24) is 4.90 Å². The molecule has 2 amide bonds. The lowest BCUT2D eigenvalue weighted by Crippen LogP contribution is -2.33. The van der Waals surface area contributed by atoms with Gasteiger partial charge in [0, 0.05) is 32.2 Å². The second-order valence-corrected chi connectivity index (χ2v) is 9.85. The van der Waals surface area contributed by atoms with Crippen molar-refractivity contribution in [2.75, 3.05) is 12.3 Å². The number of carbonyl (C=O) groups is 5. The van der Waals surface area contributed by atoms with E-state index in [1.807, 2.05) is 24.3 Å². The zero-order valence-electron chi connectivity index (χ0n) is 19.9. The summed E-state index contributed by atoms with van der Waals surface area (Å²) in [5.74, 6) is 0.679. The minimum Gasteiger partial charge on any atom is -0.387 e. The Morgan fingerprint density at radius 2 is 1.74 bits per heavy atom. The van der Waals surface area contributed by atoms with Crippen LogP contribution in [0.25, 0.3) is 0 Å². The van der Waals surface area contributed by atoms with E-state index in [2.05, 4.69) is 4.99 Å². The van der Waals surface area contributed by atoms with Gasteiger partial charge in [-0.25, -0.2) is 4.99 Å². The molecule has 0 aliphatic carbocycles. The summed E-state index contributed by atoms with van der Waals surface area (Å²) in [7, 11) is 0. The minimum absolute atomic E-state index is 0.00786. The maximum atomic E-state index is 12.3. The second kappa shape index (κ2) is 13.8. The Bertz CT molecular complexity index is 942. The van der Waals surface area contributed by atoms with Crippen molar-refractivity contribution in [1.29, 1.82) is 0 Å². The summed E-state index contributed by atoms with van der Waals surface area (Å²) in [4.78, 5) is 63.7. The topological polar surface area (TPSA) is 127 Å². The van der Waals surface area contributed by atoms with Gasteiger partial charge in [0.05, 0.1) is 23.2 Å². The summed E-state index contributed by atoms with van der Waals surface area (Å²) in [6.45, 7) is 3.04. The van der Waals surface area contributed by atoms with Crippen molar-refractivity contribution in [3.05, 3.63) is 29.8 Å². The first-order valence-electron chi connectivity index (χ1n) is 11.5. The van der Waals surface area contributed by atoms with E-state index in [1.54, 1.807) is 0 Å². The highest BCUT2D eigenvalue weighted by molar-refractivity contribution is 8.00. The molecule has 1 aliphatic heterocycles. The van der Waals surface area contributed by atoms with Gasteiger partial charge in [0.15, 0.2) is 0 Å². The number of likely N-dealkylation sites (tertiary alicyclic amines) is 1. The fourth-order valence-electron chi connectivity index (χ4n) is 3.53. The van der Waals surface area contributed by atoms with E-state index < -0.39 is 0 Å². The molecule has 0 radical (unpaired) electrons. The second-order valence-electron chi connectivity index (χ2n) is 8.54. The van der Waals surface area contributed by atoms with Crippen LogP contribution in [0.5, 0.6) is 0 Å². The van der Waals surface area contributed by atoms with Crippen molar-refractivity contribution in [2.24, 2.45) is 10.7 Å². The Morgan fingerprint density at radius 1 is 1.03 bits per heavy atom. The fourth-order valence-corrected chi connectivity index (χ4v) is 4.72. The Kier molecular flexibility index (Phi) is 11.1. The molecule has 1 atom stereocenters. The van der Waals surface area contributed by atoms with Crippen molar-refractivity contribution >= 4 is 52.4 Å². The minimum atomic E-state index is -0.359. The molecule has 1 aliphatic rings. The van der Waals surface area contributed by atoms with Gasteiger partial charge >= 0.3 is 0 Å². The molecule has 2 rings (SSSR count). The van der Waals surface area contributed by atoms with Crippen LogP contribution >= 0.6 is 11.8 Å². The van der Waals surface area contributed by atoms with Crippen LogP contribution in [-0.2, 0) is 30.4 Å². The van der Waals surface area contributed by atoms with Crippen LogP contribution in [-0.4, -0.2) is 57.4 Å². The molecule has 184 valence electrons. The van der Waals surface area contributed by atoms with Gasteiger partial charge < -0.3 is 5.73 Å². The first-order chi connectivity index (χ1) is 16.2. The number of rotatable bonds is 15. The fraction of sp³-hybridized carbons (Fsp3) is 0.520. The number of thioether (sulfide) groups is 1. The van der Waals surface area contributed by atoms with E-state index in [1.165, 1.54) is 30.5 Å². The van der Waals surface area contributed by atoms with E-state index in [-0.39, 0.29) is 60.2 Å². The number of amides is 2. The Hall–Kier alpha value is -2.81. The number of Topliss-reactive ketones (excluding diaryl/α,β-unsaturated/α-hetero) is 3. The number of aryl methyl sites for hydroxylation is 1.